The van der Waals surface area contributed by atoms with E-state index in [1.807, 2.05) is 50.9 Å². The molecule has 0 saturated carbocycles. The van der Waals surface area contributed by atoms with Gasteiger partial charge in [-0.1, -0.05) is 42.5 Å². The number of rotatable bonds is 5. The van der Waals surface area contributed by atoms with Crippen molar-refractivity contribution in [3.8, 4) is 5.75 Å². The van der Waals surface area contributed by atoms with Crippen molar-refractivity contribution in [1.82, 2.24) is 10.2 Å². The first kappa shape index (κ1) is 25.5. The normalized spacial score (nSPS) is 20.4. The summed E-state index contributed by atoms with van der Waals surface area (Å²) in [5.74, 6) is 0.851. The number of thiocarbonyl (C=S) groups is 1. The lowest BCUT2D eigenvalue weighted by atomic mass is 9.90. The molecule has 0 aromatic heterocycles. The number of methoxy groups -OCH3 is 1. The van der Waals surface area contributed by atoms with E-state index in [0.29, 0.717) is 13.1 Å². The molecule has 2 aliphatic rings. The number of amides is 1. The SMILES string of the molecule is COc1cc2c(cc1CNC1CCCN(C(=O)OC(C)(C)C)C1c1ccccc1)CCC(=S)N2C. The van der Waals surface area contributed by atoms with Crippen molar-refractivity contribution >= 4 is 29.0 Å². The minimum absolute atomic E-state index is 0.0923. The zero-order valence-electron chi connectivity index (χ0n) is 21.5. The number of anilines is 1. The van der Waals surface area contributed by atoms with Crippen LogP contribution < -0.4 is 15.0 Å². The molecule has 1 amide bonds. The Morgan fingerprint density at radius 2 is 1.91 bits per heavy atom. The van der Waals surface area contributed by atoms with E-state index >= 15 is 0 Å². The third-order valence-electron chi connectivity index (χ3n) is 6.78. The Hall–Kier alpha value is -2.64. The van der Waals surface area contributed by atoms with Gasteiger partial charge in [0.15, 0.2) is 0 Å². The molecule has 6 nitrogen and oxygen atoms in total. The molecule has 2 aliphatic heterocycles. The third kappa shape index (κ3) is 5.78. The van der Waals surface area contributed by atoms with Gasteiger partial charge in [-0.3, -0.25) is 4.90 Å². The van der Waals surface area contributed by atoms with Crippen LogP contribution in [0.1, 0.15) is 62.8 Å². The average Bonchev–Trinajstić information content (AvgIpc) is 2.84. The van der Waals surface area contributed by atoms with Gasteiger partial charge in [-0.15, -0.1) is 0 Å². The first-order valence-electron chi connectivity index (χ1n) is 12.4. The number of hydrogen-bond donors (Lipinski definition) is 1. The van der Waals surface area contributed by atoms with Crippen molar-refractivity contribution < 1.29 is 14.3 Å². The first-order valence-corrected chi connectivity index (χ1v) is 12.8. The number of nitrogens with one attached hydrogen (secondary N) is 1. The van der Waals surface area contributed by atoms with Gasteiger partial charge in [0.1, 0.15) is 11.4 Å². The minimum Gasteiger partial charge on any atom is -0.496 e. The molecule has 2 heterocycles. The Kier molecular flexibility index (Phi) is 7.67. The number of benzene rings is 2. The van der Waals surface area contributed by atoms with Gasteiger partial charge in [0.2, 0.25) is 0 Å². The van der Waals surface area contributed by atoms with Gasteiger partial charge in [-0.25, -0.2) is 4.79 Å². The van der Waals surface area contributed by atoms with Gasteiger partial charge < -0.3 is 19.7 Å². The largest absolute Gasteiger partial charge is 0.496 e. The summed E-state index contributed by atoms with van der Waals surface area (Å²) in [5, 5.41) is 3.77. The Morgan fingerprint density at radius 3 is 2.60 bits per heavy atom. The number of piperidine rings is 1. The molecule has 2 aromatic rings. The zero-order chi connectivity index (χ0) is 25.2. The molecule has 0 spiro atoms. The van der Waals surface area contributed by atoms with E-state index in [2.05, 4.69) is 34.5 Å². The van der Waals surface area contributed by atoms with Crippen LogP contribution in [0.3, 0.4) is 0 Å². The van der Waals surface area contributed by atoms with Crippen LogP contribution in [0.4, 0.5) is 10.5 Å². The van der Waals surface area contributed by atoms with Gasteiger partial charge >= 0.3 is 6.09 Å². The molecule has 35 heavy (non-hydrogen) atoms. The summed E-state index contributed by atoms with van der Waals surface area (Å²) < 4.78 is 11.5. The smallest absolute Gasteiger partial charge is 0.410 e. The molecule has 0 radical (unpaired) electrons. The van der Waals surface area contributed by atoms with Crippen molar-refractivity contribution in [1.29, 1.82) is 0 Å². The van der Waals surface area contributed by atoms with E-state index in [9.17, 15) is 4.79 Å². The van der Waals surface area contributed by atoms with Gasteiger partial charge in [0, 0.05) is 49.9 Å². The highest BCUT2D eigenvalue weighted by Gasteiger charge is 2.37. The van der Waals surface area contributed by atoms with Crippen LogP contribution in [0, 0.1) is 0 Å². The maximum atomic E-state index is 13.2. The second kappa shape index (κ2) is 10.5. The Bertz CT molecular complexity index is 1070. The van der Waals surface area contributed by atoms with Gasteiger partial charge in [-0.2, -0.15) is 0 Å². The maximum Gasteiger partial charge on any atom is 0.410 e. The van der Waals surface area contributed by atoms with E-state index in [-0.39, 0.29) is 18.2 Å². The summed E-state index contributed by atoms with van der Waals surface area (Å²) in [6.45, 7) is 7.07. The number of likely N-dealkylation sites (tertiary alicyclic amines) is 1. The Morgan fingerprint density at radius 1 is 1.17 bits per heavy atom. The van der Waals surface area contributed by atoms with Crippen molar-refractivity contribution in [2.45, 2.75) is 70.7 Å². The van der Waals surface area contributed by atoms with Crippen LogP contribution in [-0.4, -0.2) is 48.3 Å². The number of ether oxygens (including phenoxy) is 2. The first-order chi connectivity index (χ1) is 16.7. The predicted octanol–water partition coefficient (Wildman–Crippen LogP) is 5.64. The highest BCUT2D eigenvalue weighted by Crippen LogP contribution is 2.36. The maximum absolute atomic E-state index is 13.2. The van der Waals surface area contributed by atoms with Crippen LogP contribution in [0.2, 0.25) is 0 Å². The van der Waals surface area contributed by atoms with Crippen molar-refractivity contribution in [3.63, 3.8) is 0 Å². The lowest BCUT2D eigenvalue weighted by Gasteiger charge is -2.42. The molecule has 0 aliphatic carbocycles. The molecule has 188 valence electrons. The highest BCUT2D eigenvalue weighted by molar-refractivity contribution is 7.80. The van der Waals surface area contributed by atoms with E-state index < -0.39 is 5.60 Å². The predicted molar refractivity (Wildman–Crippen MR) is 144 cm³/mol. The summed E-state index contributed by atoms with van der Waals surface area (Å²) in [6, 6.07) is 14.6. The number of carbonyl (C=O) groups excluding carboxylic acids is 1. The summed E-state index contributed by atoms with van der Waals surface area (Å²) in [6.07, 6.45) is 3.47. The molecule has 2 aromatic carbocycles. The average molecular weight is 496 g/mol. The number of carbonyl (C=O) groups is 1. The van der Waals surface area contributed by atoms with Crippen LogP contribution >= 0.6 is 12.2 Å². The molecular weight excluding hydrogens is 458 g/mol. The standard InChI is InChI=1S/C28H37N3O3S/c1-28(2,3)34-27(32)31-15-9-12-22(26(31)19-10-7-6-8-11-19)29-18-21-16-20-13-14-25(35)30(4)23(20)17-24(21)33-5/h6-8,10-11,16-17,22,26,29H,9,12-15,18H2,1-5H3. The second-order valence-corrected chi connectivity index (χ2v) is 10.9. The van der Waals surface area contributed by atoms with Crippen molar-refractivity contribution in [2.24, 2.45) is 0 Å². The van der Waals surface area contributed by atoms with E-state index in [0.717, 1.165) is 53.2 Å². The fourth-order valence-corrected chi connectivity index (χ4v) is 5.29. The number of nitrogens with zero attached hydrogens (tertiary/aromatic N) is 2. The molecule has 7 heteroatoms. The van der Waals surface area contributed by atoms with E-state index in [4.69, 9.17) is 21.7 Å². The molecular formula is C28H37N3O3S. The van der Waals surface area contributed by atoms with Gasteiger partial charge in [-0.05, 0) is 57.2 Å². The number of hydrogen-bond acceptors (Lipinski definition) is 5. The molecule has 2 atom stereocenters. The van der Waals surface area contributed by atoms with Crippen molar-refractivity contribution in [3.05, 3.63) is 59.2 Å². The van der Waals surface area contributed by atoms with Crippen LogP contribution in [0.15, 0.2) is 42.5 Å². The topological polar surface area (TPSA) is 54.0 Å². The fourth-order valence-electron chi connectivity index (χ4n) is 5.09. The molecule has 1 saturated heterocycles. The molecule has 2 unspecified atom stereocenters. The minimum atomic E-state index is -0.537. The molecule has 0 bridgehead atoms. The number of fused-ring (bicyclic) bond motifs is 1. The second-order valence-electron chi connectivity index (χ2n) is 10.4. The summed E-state index contributed by atoms with van der Waals surface area (Å²) in [4.78, 5) is 18.1. The highest BCUT2D eigenvalue weighted by atomic mass is 32.1. The summed E-state index contributed by atoms with van der Waals surface area (Å²) in [7, 11) is 3.74. The summed E-state index contributed by atoms with van der Waals surface area (Å²) in [5.41, 5.74) is 4.11. The lowest BCUT2D eigenvalue weighted by Crippen LogP contribution is -2.51. The Balaban J connectivity index is 1.59. The molecule has 1 N–H and O–H groups in total. The fraction of sp³-hybridized carbons (Fsp3) is 0.500. The quantitative estimate of drug-likeness (QED) is 0.542. The third-order valence-corrected chi connectivity index (χ3v) is 7.26. The molecule has 4 rings (SSSR count). The monoisotopic (exact) mass is 495 g/mol. The number of aryl methyl sites for hydroxylation is 1. The van der Waals surface area contributed by atoms with Gasteiger partial charge in [0.25, 0.3) is 0 Å². The van der Waals surface area contributed by atoms with E-state index in [1.54, 1.807) is 7.11 Å². The van der Waals surface area contributed by atoms with E-state index in [1.165, 1.54) is 5.56 Å². The van der Waals surface area contributed by atoms with Crippen LogP contribution in [0.5, 0.6) is 5.75 Å². The lowest BCUT2D eigenvalue weighted by molar-refractivity contribution is 0.00380. The zero-order valence-corrected chi connectivity index (χ0v) is 22.3. The molecule has 1 fully saturated rings. The Labute approximate surface area is 214 Å². The van der Waals surface area contributed by atoms with Crippen molar-refractivity contribution in [2.75, 3.05) is 25.6 Å². The van der Waals surface area contributed by atoms with Gasteiger partial charge in [0.05, 0.1) is 18.1 Å². The van der Waals surface area contributed by atoms with Crippen LogP contribution in [-0.2, 0) is 17.7 Å². The summed E-state index contributed by atoms with van der Waals surface area (Å²) >= 11 is 5.51. The van der Waals surface area contributed by atoms with Crippen LogP contribution in [0.25, 0.3) is 0 Å².